The number of ether oxygens (including phenoxy) is 2. The van der Waals surface area contributed by atoms with Crippen LogP contribution < -0.4 is 4.74 Å². The van der Waals surface area contributed by atoms with Crippen LogP contribution in [-0.4, -0.2) is 25.3 Å². The van der Waals surface area contributed by atoms with E-state index in [-0.39, 0.29) is 0 Å². The predicted molar refractivity (Wildman–Crippen MR) is 71.1 cm³/mol. The Morgan fingerprint density at radius 3 is 2.83 bits per heavy atom. The Kier molecular flexibility index (Phi) is 3.26. The van der Waals surface area contributed by atoms with Crippen LogP contribution in [0.15, 0.2) is 21.0 Å². The fourth-order valence-corrected chi connectivity index (χ4v) is 2.71. The van der Waals surface area contributed by atoms with E-state index in [9.17, 15) is 0 Å². The third kappa shape index (κ3) is 2.12. The molecule has 1 aliphatic heterocycles. The highest BCUT2D eigenvalue weighted by atomic mass is 79.9. The Labute approximate surface area is 113 Å². The van der Waals surface area contributed by atoms with Gasteiger partial charge in [-0.1, -0.05) is 0 Å². The molecule has 0 atom stereocenters. The lowest BCUT2D eigenvalue weighted by Gasteiger charge is -2.18. The van der Waals surface area contributed by atoms with Crippen molar-refractivity contribution in [2.45, 2.75) is 18.8 Å². The molecule has 1 saturated heterocycles. The molecule has 2 heterocycles. The van der Waals surface area contributed by atoms with Gasteiger partial charge in [0.15, 0.2) is 11.5 Å². The van der Waals surface area contributed by atoms with E-state index in [1.807, 2.05) is 12.1 Å². The Balaban J connectivity index is 1.99. The van der Waals surface area contributed by atoms with Crippen molar-refractivity contribution in [1.82, 2.24) is 4.98 Å². The average Bonchev–Trinajstić information content (AvgIpc) is 2.81. The second-order valence-electron chi connectivity index (χ2n) is 4.39. The molecule has 0 bridgehead atoms. The van der Waals surface area contributed by atoms with Crippen molar-refractivity contribution in [2.24, 2.45) is 0 Å². The molecule has 0 unspecified atom stereocenters. The number of methoxy groups -OCH3 is 1. The molecule has 0 aliphatic carbocycles. The van der Waals surface area contributed by atoms with Gasteiger partial charge in [0.2, 0.25) is 0 Å². The highest BCUT2D eigenvalue weighted by Crippen LogP contribution is 2.33. The molecule has 0 amide bonds. The number of fused-ring (bicyclic) bond motifs is 1. The Hall–Kier alpha value is -1.07. The monoisotopic (exact) mass is 311 g/mol. The standard InChI is InChI=1S/C13H14BrNO3/c1-16-11-7-10-12(6-9(11)14)18-13(15-10)8-2-4-17-5-3-8/h6-8H,2-5H2,1H3. The number of hydrogen-bond acceptors (Lipinski definition) is 4. The number of halogens is 1. The summed E-state index contributed by atoms with van der Waals surface area (Å²) in [6.07, 6.45) is 1.95. The van der Waals surface area contributed by atoms with Gasteiger partial charge < -0.3 is 13.9 Å². The zero-order chi connectivity index (χ0) is 12.5. The van der Waals surface area contributed by atoms with Gasteiger partial charge in [0, 0.05) is 31.3 Å². The zero-order valence-corrected chi connectivity index (χ0v) is 11.7. The Bertz CT molecular complexity index is 561. The van der Waals surface area contributed by atoms with Gasteiger partial charge in [-0.3, -0.25) is 0 Å². The van der Waals surface area contributed by atoms with Crippen molar-refractivity contribution in [2.75, 3.05) is 20.3 Å². The molecule has 1 aliphatic rings. The molecule has 5 heteroatoms. The van der Waals surface area contributed by atoms with Crippen molar-refractivity contribution in [3.8, 4) is 5.75 Å². The first-order valence-electron chi connectivity index (χ1n) is 5.99. The van der Waals surface area contributed by atoms with E-state index in [1.54, 1.807) is 7.11 Å². The lowest BCUT2D eigenvalue weighted by molar-refractivity contribution is 0.0798. The number of benzene rings is 1. The minimum Gasteiger partial charge on any atom is -0.495 e. The number of rotatable bonds is 2. The van der Waals surface area contributed by atoms with Crippen molar-refractivity contribution in [3.05, 3.63) is 22.5 Å². The molecule has 0 saturated carbocycles. The van der Waals surface area contributed by atoms with E-state index >= 15 is 0 Å². The predicted octanol–water partition coefficient (Wildman–Crippen LogP) is 3.49. The highest BCUT2D eigenvalue weighted by Gasteiger charge is 2.21. The van der Waals surface area contributed by atoms with Gasteiger partial charge >= 0.3 is 0 Å². The Morgan fingerprint density at radius 1 is 1.33 bits per heavy atom. The first-order chi connectivity index (χ1) is 8.78. The van der Waals surface area contributed by atoms with Crippen LogP contribution in [0.3, 0.4) is 0 Å². The molecular formula is C13H14BrNO3. The van der Waals surface area contributed by atoms with E-state index < -0.39 is 0 Å². The minimum atomic E-state index is 0.371. The van der Waals surface area contributed by atoms with Gasteiger partial charge in [0.05, 0.1) is 11.6 Å². The molecule has 96 valence electrons. The molecule has 1 fully saturated rings. The summed E-state index contributed by atoms with van der Waals surface area (Å²) in [7, 11) is 1.64. The van der Waals surface area contributed by atoms with Crippen molar-refractivity contribution < 1.29 is 13.9 Å². The third-order valence-electron chi connectivity index (χ3n) is 3.25. The first kappa shape index (κ1) is 12.0. The van der Waals surface area contributed by atoms with Crippen LogP contribution in [0, 0.1) is 0 Å². The molecule has 0 radical (unpaired) electrons. The Morgan fingerprint density at radius 2 is 2.11 bits per heavy atom. The van der Waals surface area contributed by atoms with Gasteiger partial charge in [-0.25, -0.2) is 4.98 Å². The average molecular weight is 312 g/mol. The van der Waals surface area contributed by atoms with Crippen LogP contribution in [0.5, 0.6) is 5.75 Å². The summed E-state index contributed by atoms with van der Waals surface area (Å²) < 4.78 is 17.3. The van der Waals surface area contributed by atoms with Crippen LogP contribution >= 0.6 is 15.9 Å². The number of oxazole rings is 1. The number of hydrogen-bond donors (Lipinski definition) is 0. The van der Waals surface area contributed by atoms with E-state index in [2.05, 4.69) is 20.9 Å². The maximum Gasteiger partial charge on any atom is 0.198 e. The molecule has 3 rings (SSSR count). The van der Waals surface area contributed by atoms with Gasteiger partial charge in [0.25, 0.3) is 0 Å². The fraction of sp³-hybridized carbons (Fsp3) is 0.462. The zero-order valence-electron chi connectivity index (χ0n) is 10.1. The minimum absolute atomic E-state index is 0.371. The summed E-state index contributed by atoms with van der Waals surface area (Å²) in [5.41, 5.74) is 1.64. The van der Waals surface area contributed by atoms with E-state index in [1.165, 1.54) is 0 Å². The second kappa shape index (κ2) is 4.90. The van der Waals surface area contributed by atoms with Crippen molar-refractivity contribution in [1.29, 1.82) is 0 Å². The quantitative estimate of drug-likeness (QED) is 0.851. The molecule has 1 aromatic heterocycles. The first-order valence-corrected chi connectivity index (χ1v) is 6.79. The van der Waals surface area contributed by atoms with E-state index in [0.717, 1.165) is 53.3 Å². The van der Waals surface area contributed by atoms with Crippen LogP contribution in [0.2, 0.25) is 0 Å². The summed E-state index contributed by atoms with van der Waals surface area (Å²) in [6, 6.07) is 3.80. The number of aromatic nitrogens is 1. The molecule has 18 heavy (non-hydrogen) atoms. The summed E-state index contributed by atoms with van der Waals surface area (Å²) >= 11 is 3.45. The maximum atomic E-state index is 5.84. The summed E-state index contributed by atoms with van der Waals surface area (Å²) in [4.78, 5) is 4.56. The van der Waals surface area contributed by atoms with Gasteiger partial charge in [-0.2, -0.15) is 0 Å². The largest absolute Gasteiger partial charge is 0.495 e. The second-order valence-corrected chi connectivity index (χ2v) is 5.25. The maximum absolute atomic E-state index is 5.84. The van der Waals surface area contributed by atoms with Crippen LogP contribution in [0.1, 0.15) is 24.7 Å². The van der Waals surface area contributed by atoms with Gasteiger partial charge in [0.1, 0.15) is 11.3 Å². The molecule has 2 aromatic rings. The topological polar surface area (TPSA) is 44.5 Å². The molecule has 1 aromatic carbocycles. The normalized spacial score (nSPS) is 17.2. The van der Waals surface area contributed by atoms with Gasteiger partial charge in [-0.15, -0.1) is 0 Å². The summed E-state index contributed by atoms with van der Waals surface area (Å²) in [5, 5.41) is 0. The summed E-state index contributed by atoms with van der Waals surface area (Å²) in [5.74, 6) is 1.96. The highest BCUT2D eigenvalue weighted by molar-refractivity contribution is 9.10. The third-order valence-corrected chi connectivity index (χ3v) is 3.87. The van der Waals surface area contributed by atoms with Crippen molar-refractivity contribution >= 4 is 27.0 Å². The lowest BCUT2D eigenvalue weighted by Crippen LogP contribution is -2.14. The smallest absolute Gasteiger partial charge is 0.198 e. The molecular weight excluding hydrogens is 298 g/mol. The lowest BCUT2D eigenvalue weighted by atomic mass is 10.0. The van der Waals surface area contributed by atoms with Crippen LogP contribution in [0.4, 0.5) is 0 Å². The van der Waals surface area contributed by atoms with Crippen LogP contribution in [-0.2, 0) is 4.74 Å². The van der Waals surface area contributed by atoms with Gasteiger partial charge in [-0.05, 0) is 28.8 Å². The molecule has 0 N–H and O–H groups in total. The molecule has 0 spiro atoms. The SMILES string of the molecule is COc1cc2nc(C3CCOCC3)oc2cc1Br. The van der Waals surface area contributed by atoms with Crippen LogP contribution in [0.25, 0.3) is 11.1 Å². The van der Waals surface area contributed by atoms with E-state index in [0.29, 0.717) is 5.92 Å². The van der Waals surface area contributed by atoms with E-state index in [4.69, 9.17) is 13.9 Å². The summed E-state index contributed by atoms with van der Waals surface area (Å²) in [6.45, 7) is 1.58. The fourth-order valence-electron chi connectivity index (χ4n) is 2.22. The number of nitrogens with zero attached hydrogens (tertiary/aromatic N) is 1. The van der Waals surface area contributed by atoms with Crippen molar-refractivity contribution in [3.63, 3.8) is 0 Å². The molecule has 4 nitrogen and oxygen atoms in total.